The van der Waals surface area contributed by atoms with Gasteiger partial charge in [-0.15, -0.1) is 0 Å². The number of esters is 3. The zero-order valence-corrected chi connectivity index (χ0v) is 37.4. The number of hydrogen-bond donors (Lipinski definition) is 0. The molecule has 0 rings (SSSR count). The van der Waals surface area contributed by atoms with E-state index >= 15 is 0 Å². The molecular formula is C49H94O6. The fourth-order valence-corrected chi connectivity index (χ4v) is 7.33. The van der Waals surface area contributed by atoms with Gasteiger partial charge in [-0.25, -0.2) is 0 Å². The highest BCUT2D eigenvalue weighted by Crippen LogP contribution is 2.17. The maximum Gasteiger partial charge on any atom is 0.306 e. The van der Waals surface area contributed by atoms with Gasteiger partial charge in [0.25, 0.3) is 0 Å². The molecule has 0 heterocycles. The number of ether oxygens (including phenoxy) is 3. The van der Waals surface area contributed by atoms with E-state index in [4.69, 9.17) is 14.2 Å². The van der Waals surface area contributed by atoms with E-state index in [9.17, 15) is 14.4 Å². The molecule has 0 N–H and O–H groups in total. The van der Waals surface area contributed by atoms with Crippen molar-refractivity contribution < 1.29 is 28.6 Å². The maximum absolute atomic E-state index is 12.7. The zero-order chi connectivity index (χ0) is 40.3. The summed E-state index contributed by atoms with van der Waals surface area (Å²) in [4.78, 5) is 37.8. The molecule has 1 atom stereocenters. The third-order valence-corrected chi connectivity index (χ3v) is 11.0. The van der Waals surface area contributed by atoms with Crippen LogP contribution in [0.4, 0.5) is 0 Å². The Morgan fingerprint density at radius 1 is 0.345 bits per heavy atom. The van der Waals surface area contributed by atoms with Gasteiger partial charge >= 0.3 is 17.9 Å². The molecule has 55 heavy (non-hydrogen) atoms. The predicted octanol–water partition coefficient (Wildman–Crippen LogP) is 15.5. The largest absolute Gasteiger partial charge is 0.462 e. The summed E-state index contributed by atoms with van der Waals surface area (Å²) in [6, 6.07) is 0. The lowest BCUT2D eigenvalue weighted by molar-refractivity contribution is -0.167. The molecule has 0 aliphatic rings. The number of unbranched alkanes of at least 4 members (excludes halogenated alkanes) is 31. The summed E-state index contributed by atoms with van der Waals surface area (Å²) < 4.78 is 16.7. The van der Waals surface area contributed by atoms with Crippen LogP contribution < -0.4 is 0 Å². The Kier molecular flexibility index (Phi) is 42.3. The first kappa shape index (κ1) is 53.4. The average molecular weight is 779 g/mol. The first-order valence-corrected chi connectivity index (χ1v) is 24.4. The summed E-state index contributed by atoms with van der Waals surface area (Å²) in [5, 5.41) is 0. The molecule has 0 unspecified atom stereocenters. The lowest BCUT2D eigenvalue weighted by atomic mass is 10.0. The molecule has 0 saturated heterocycles. The van der Waals surface area contributed by atoms with Crippen LogP contribution >= 0.6 is 0 Å². The number of carbonyl (C=O) groups is 3. The van der Waals surface area contributed by atoms with Crippen LogP contribution in [0, 0.1) is 5.92 Å². The second-order valence-corrected chi connectivity index (χ2v) is 17.2. The van der Waals surface area contributed by atoms with Crippen LogP contribution in [-0.2, 0) is 28.6 Å². The molecule has 0 aromatic heterocycles. The Morgan fingerprint density at radius 2 is 0.600 bits per heavy atom. The first-order valence-electron chi connectivity index (χ1n) is 24.4. The Morgan fingerprint density at radius 3 is 0.891 bits per heavy atom. The van der Waals surface area contributed by atoms with Crippen molar-refractivity contribution in [1.82, 2.24) is 0 Å². The van der Waals surface area contributed by atoms with Crippen LogP contribution in [0.5, 0.6) is 0 Å². The topological polar surface area (TPSA) is 78.9 Å². The van der Waals surface area contributed by atoms with E-state index in [1.165, 1.54) is 167 Å². The zero-order valence-electron chi connectivity index (χ0n) is 37.4. The van der Waals surface area contributed by atoms with Gasteiger partial charge in [-0.1, -0.05) is 233 Å². The number of rotatable bonds is 44. The Bertz CT molecular complexity index is 826. The van der Waals surface area contributed by atoms with E-state index < -0.39 is 6.10 Å². The van der Waals surface area contributed by atoms with Crippen molar-refractivity contribution in [3.8, 4) is 0 Å². The standard InChI is InChI=1S/C49H94O6/c1-5-7-9-11-13-15-20-25-29-33-37-41-48(51)54-44-46(43-53-47(50)40-36-32-28-24-16-14-12-10-8-6-2)55-49(52)42-38-34-30-26-22-19-17-18-21-23-27-31-35-39-45(3)4/h45-46H,5-44H2,1-4H3/t46-/m0/s1. The van der Waals surface area contributed by atoms with Crippen LogP contribution in [0.1, 0.15) is 272 Å². The van der Waals surface area contributed by atoms with Gasteiger partial charge in [-0.3, -0.25) is 14.4 Å². The molecule has 0 aromatic carbocycles. The summed E-state index contributed by atoms with van der Waals surface area (Å²) in [6.45, 7) is 9.00. The Labute approximate surface area is 342 Å². The van der Waals surface area contributed by atoms with Crippen molar-refractivity contribution in [2.75, 3.05) is 13.2 Å². The molecule has 326 valence electrons. The molecule has 6 nitrogen and oxygen atoms in total. The van der Waals surface area contributed by atoms with Crippen LogP contribution in [0.2, 0.25) is 0 Å². The smallest absolute Gasteiger partial charge is 0.306 e. The monoisotopic (exact) mass is 779 g/mol. The molecule has 0 amide bonds. The summed E-state index contributed by atoms with van der Waals surface area (Å²) in [5.74, 6) is -0.0122. The van der Waals surface area contributed by atoms with Gasteiger partial charge in [0.15, 0.2) is 6.10 Å². The minimum atomic E-state index is -0.759. The molecule has 0 aliphatic carbocycles. The lowest BCUT2D eigenvalue weighted by Gasteiger charge is -2.18. The van der Waals surface area contributed by atoms with Crippen LogP contribution in [0.15, 0.2) is 0 Å². The van der Waals surface area contributed by atoms with Gasteiger partial charge in [-0.2, -0.15) is 0 Å². The van der Waals surface area contributed by atoms with Gasteiger partial charge < -0.3 is 14.2 Å². The van der Waals surface area contributed by atoms with E-state index in [1.807, 2.05) is 0 Å². The van der Waals surface area contributed by atoms with Crippen LogP contribution in [0.3, 0.4) is 0 Å². The van der Waals surface area contributed by atoms with Gasteiger partial charge in [0.1, 0.15) is 13.2 Å². The molecular weight excluding hydrogens is 685 g/mol. The van der Waals surface area contributed by atoms with Crippen molar-refractivity contribution in [2.45, 2.75) is 278 Å². The lowest BCUT2D eigenvalue weighted by Crippen LogP contribution is -2.30. The summed E-state index contributed by atoms with van der Waals surface area (Å²) in [7, 11) is 0. The molecule has 0 radical (unpaired) electrons. The van der Waals surface area contributed by atoms with E-state index in [1.54, 1.807) is 0 Å². The second-order valence-electron chi connectivity index (χ2n) is 17.2. The summed E-state index contributed by atoms with van der Waals surface area (Å²) in [5.41, 5.74) is 0. The van der Waals surface area contributed by atoms with Gasteiger partial charge in [0.05, 0.1) is 0 Å². The minimum Gasteiger partial charge on any atom is -0.462 e. The fraction of sp³-hybridized carbons (Fsp3) is 0.939. The van der Waals surface area contributed by atoms with Crippen molar-refractivity contribution in [3.05, 3.63) is 0 Å². The average Bonchev–Trinajstić information content (AvgIpc) is 3.17. The molecule has 0 aromatic rings. The first-order chi connectivity index (χ1) is 26.9. The molecule has 0 saturated carbocycles. The fourth-order valence-electron chi connectivity index (χ4n) is 7.33. The molecule has 0 fully saturated rings. The van der Waals surface area contributed by atoms with Crippen molar-refractivity contribution in [2.24, 2.45) is 5.92 Å². The van der Waals surface area contributed by atoms with Crippen molar-refractivity contribution in [1.29, 1.82) is 0 Å². The Balaban J connectivity index is 4.29. The van der Waals surface area contributed by atoms with Crippen LogP contribution in [0.25, 0.3) is 0 Å². The minimum absolute atomic E-state index is 0.0632. The summed E-state index contributed by atoms with van der Waals surface area (Å²) >= 11 is 0. The van der Waals surface area contributed by atoms with Gasteiger partial charge in [-0.05, 0) is 25.2 Å². The normalized spacial score (nSPS) is 11.9. The second kappa shape index (κ2) is 43.5. The highest BCUT2D eigenvalue weighted by Gasteiger charge is 2.19. The Hall–Kier alpha value is -1.59. The number of carbonyl (C=O) groups excluding carboxylic acids is 3. The third kappa shape index (κ3) is 43.4. The number of hydrogen-bond acceptors (Lipinski definition) is 6. The third-order valence-electron chi connectivity index (χ3n) is 11.0. The van der Waals surface area contributed by atoms with E-state index in [0.717, 1.165) is 63.7 Å². The van der Waals surface area contributed by atoms with Crippen molar-refractivity contribution >= 4 is 17.9 Å². The quantitative estimate of drug-likeness (QED) is 0.0348. The van der Waals surface area contributed by atoms with Gasteiger partial charge in [0.2, 0.25) is 0 Å². The van der Waals surface area contributed by atoms with Crippen LogP contribution in [-0.4, -0.2) is 37.2 Å². The molecule has 0 spiro atoms. The predicted molar refractivity (Wildman–Crippen MR) is 233 cm³/mol. The highest BCUT2D eigenvalue weighted by atomic mass is 16.6. The van der Waals surface area contributed by atoms with E-state index in [-0.39, 0.29) is 31.1 Å². The molecule has 0 bridgehead atoms. The van der Waals surface area contributed by atoms with E-state index in [2.05, 4.69) is 27.7 Å². The van der Waals surface area contributed by atoms with Crippen molar-refractivity contribution in [3.63, 3.8) is 0 Å². The highest BCUT2D eigenvalue weighted by molar-refractivity contribution is 5.71. The van der Waals surface area contributed by atoms with E-state index in [0.29, 0.717) is 19.3 Å². The molecule has 0 aliphatic heterocycles. The van der Waals surface area contributed by atoms with Gasteiger partial charge in [0, 0.05) is 19.3 Å². The maximum atomic E-state index is 12.7. The SMILES string of the molecule is CCCCCCCCCCCCCC(=O)OC[C@H](COC(=O)CCCCCCCCCCCC)OC(=O)CCCCCCCCCCCCCCCC(C)C. The molecule has 6 heteroatoms. The summed E-state index contributed by atoms with van der Waals surface area (Å²) in [6.07, 6.45) is 43.7.